The van der Waals surface area contributed by atoms with E-state index < -0.39 is 0 Å². The van der Waals surface area contributed by atoms with Crippen LogP contribution >= 0.6 is 0 Å². The van der Waals surface area contributed by atoms with Gasteiger partial charge in [-0.3, -0.25) is 4.68 Å². The molecule has 0 amide bonds. The van der Waals surface area contributed by atoms with Crippen molar-refractivity contribution in [1.29, 1.82) is 0 Å². The normalized spacial score (nSPS) is 19.0. The second kappa shape index (κ2) is 3.95. The van der Waals surface area contributed by atoms with Gasteiger partial charge in [-0.2, -0.15) is 5.10 Å². The van der Waals surface area contributed by atoms with Gasteiger partial charge in [0.15, 0.2) is 0 Å². The minimum atomic E-state index is 0.266. The van der Waals surface area contributed by atoms with E-state index >= 15 is 0 Å². The number of H-pyrrole nitrogens is 1. The molecule has 1 aliphatic carbocycles. The topological polar surface area (TPSA) is 72.5 Å². The Morgan fingerprint density at radius 3 is 2.83 bits per heavy atom. The van der Waals surface area contributed by atoms with Crippen molar-refractivity contribution in [1.82, 2.24) is 19.7 Å². The third-order valence-corrected chi connectivity index (χ3v) is 3.83. The Hall–Kier alpha value is -1.62. The van der Waals surface area contributed by atoms with Crippen molar-refractivity contribution in [3.63, 3.8) is 0 Å². The first-order valence-electron chi connectivity index (χ1n) is 6.40. The second-order valence-electron chi connectivity index (χ2n) is 5.18. The summed E-state index contributed by atoms with van der Waals surface area (Å²) in [5.74, 6) is 0.942. The predicted octanol–water partition coefficient (Wildman–Crippen LogP) is 1.24. The Labute approximate surface area is 106 Å². The van der Waals surface area contributed by atoms with Gasteiger partial charge in [-0.1, -0.05) is 0 Å². The van der Waals surface area contributed by atoms with Crippen LogP contribution in [0.3, 0.4) is 0 Å². The SMILES string of the molecule is Cc1nn(C)c(C)c1-c1nc2c([nH]1)CC(N)CC2. The van der Waals surface area contributed by atoms with Crippen molar-refractivity contribution in [2.75, 3.05) is 0 Å². The first-order chi connectivity index (χ1) is 8.56. The fourth-order valence-corrected chi connectivity index (χ4v) is 2.74. The summed E-state index contributed by atoms with van der Waals surface area (Å²) in [5.41, 5.74) is 11.7. The van der Waals surface area contributed by atoms with E-state index in [1.165, 1.54) is 11.4 Å². The summed E-state index contributed by atoms with van der Waals surface area (Å²) in [6, 6.07) is 0.266. The molecule has 0 radical (unpaired) electrons. The summed E-state index contributed by atoms with van der Waals surface area (Å²) in [5, 5.41) is 4.44. The number of aryl methyl sites for hydroxylation is 3. The van der Waals surface area contributed by atoms with E-state index in [2.05, 4.69) is 17.0 Å². The number of rotatable bonds is 1. The largest absolute Gasteiger partial charge is 0.341 e. The van der Waals surface area contributed by atoms with Crippen LogP contribution in [0.15, 0.2) is 0 Å². The number of hydrogen-bond acceptors (Lipinski definition) is 3. The van der Waals surface area contributed by atoms with Crippen molar-refractivity contribution in [2.45, 2.75) is 39.2 Å². The van der Waals surface area contributed by atoms with Crippen LogP contribution in [-0.2, 0) is 19.9 Å². The predicted molar refractivity (Wildman–Crippen MR) is 70.3 cm³/mol. The van der Waals surface area contributed by atoms with E-state index in [1.54, 1.807) is 0 Å². The number of nitrogens with one attached hydrogen (secondary N) is 1. The molecule has 5 nitrogen and oxygen atoms in total. The van der Waals surface area contributed by atoms with Gasteiger partial charge < -0.3 is 10.7 Å². The standard InChI is InChI=1S/C13H19N5/c1-7-12(8(2)18(3)17-7)13-15-10-5-4-9(14)6-11(10)16-13/h9H,4-6,14H2,1-3H3,(H,15,16). The zero-order chi connectivity index (χ0) is 12.9. The molecule has 18 heavy (non-hydrogen) atoms. The summed E-state index contributed by atoms with van der Waals surface area (Å²) >= 11 is 0. The van der Waals surface area contributed by atoms with Crippen molar-refractivity contribution in [2.24, 2.45) is 12.8 Å². The minimum Gasteiger partial charge on any atom is -0.341 e. The van der Waals surface area contributed by atoms with Crippen LogP contribution in [0.2, 0.25) is 0 Å². The summed E-state index contributed by atoms with van der Waals surface area (Å²) in [6.45, 7) is 4.10. The molecule has 2 aromatic heterocycles. The Morgan fingerprint density at radius 1 is 1.39 bits per heavy atom. The van der Waals surface area contributed by atoms with Crippen molar-refractivity contribution in [3.8, 4) is 11.4 Å². The highest BCUT2D eigenvalue weighted by atomic mass is 15.3. The van der Waals surface area contributed by atoms with Crippen LogP contribution in [0.5, 0.6) is 0 Å². The van der Waals surface area contributed by atoms with E-state index in [0.29, 0.717) is 0 Å². The maximum Gasteiger partial charge on any atom is 0.141 e. The fourth-order valence-electron chi connectivity index (χ4n) is 2.74. The summed E-state index contributed by atoms with van der Waals surface area (Å²) in [7, 11) is 1.96. The molecule has 1 unspecified atom stereocenters. The Balaban J connectivity index is 2.08. The van der Waals surface area contributed by atoms with Gasteiger partial charge in [-0.05, 0) is 26.7 Å². The molecule has 96 valence electrons. The van der Waals surface area contributed by atoms with Gasteiger partial charge in [0.1, 0.15) is 5.82 Å². The third-order valence-electron chi connectivity index (χ3n) is 3.83. The van der Waals surface area contributed by atoms with Gasteiger partial charge in [0.05, 0.1) is 17.0 Å². The van der Waals surface area contributed by atoms with Crippen LogP contribution in [-0.4, -0.2) is 25.8 Å². The number of imidazole rings is 1. The highest BCUT2D eigenvalue weighted by molar-refractivity contribution is 5.62. The Morgan fingerprint density at radius 2 is 2.17 bits per heavy atom. The lowest BCUT2D eigenvalue weighted by Crippen LogP contribution is -2.27. The summed E-state index contributed by atoms with van der Waals surface area (Å²) < 4.78 is 1.90. The molecule has 0 saturated carbocycles. The maximum absolute atomic E-state index is 6.00. The lowest BCUT2D eigenvalue weighted by Gasteiger charge is -2.15. The summed E-state index contributed by atoms with van der Waals surface area (Å²) in [6.07, 6.45) is 2.91. The van der Waals surface area contributed by atoms with E-state index in [9.17, 15) is 0 Å². The lowest BCUT2D eigenvalue weighted by atomic mass is 9.97. The molecule has 0 fully saturated rings. The average molecular weight is 245 g/mol. The fraction of sp³-hybridized carbons (Fsp3) is 0.538. The lowest BCUT2D eigenvalue weighted by molar-refractivity contribution is 0.565. The number of nitrogens with zero attached hydrogens (tertiary/aromatic N) is 3. The van der Waals surface area contributed by atoms with Crippen LogP contribution in [0.1, 0.15) is 29.2 Å². The molecule has 3 rings (SSSR count). The molecular weight excluding hydrogens is 226 g/mol. The van der Waals surface area contributed by atoms with Crippen molar-refractivity contribution in [3.05, 3.63) is 22.8 Å². The van der Waals surface area contributed by atoms with Gasteiger partial charge in [0, 0.05) is 30.9 Å². The molecule has 0 aromatic carbocycles. The number of fused-ring (bicyclic) bond motifs is 1. The molecule has 1 aliphatic rings. The van der Waals surface area contributed by atoms with Gasteiger partial charge in [0.25, 0.3) is 0 Å². The number of nitrogens with two attached hydrogens (primary N) is 1. The Kier molecular flexibility index (Phi) is 2.52. The third kappa shape index (κ3) is 1.66. The molecule has 2 aromatic rings. The maximum atomic E-state index is 6.00. The van der Waals surface area contributed by atoms with Crippen LogP contribution in [0.25, 0.3) is 11.4 Å². The van der Waals surface area contributed by atoms with Crippen LogP contribution in [0.4, 0.5) is 0 Å². The summed E-state index contributed by atoms with van der Waals surface area (Å²) in [4.78, 5) is 8.16. The zero-order valence-electron chi connectivity index (χ0n) is 11.1. The van der Waals surface area contributed by atoms with E-state index in [-0.39, 0.29) is 6.04 Å². The molecule has 1 atom stereocenters. The molecule has 2 heterocycles. The average Bonchev–Trinajstić information content (AvgIpc) is 2.80. The molecular formula is C13H19N5. The van der Waals surface area contributed by atoms with E-state index in [0.717, 1.165) is 42.0 Å². The first-order valence-corrected chi connectivity index (χ1v) is 6.40. The van der Waals surface area contributed by atoms with Gasteiger partial charge in [0.2, 0.25) is 0 Å². The number of hydrogen-bond donors (Lipinski definition) is 2. The molecule has 0 aliphatic heterocycles. The monoisotopic (exact) mass is 245 g/mol. The molecule has 5 heteroatoms. The van der Waals surface area contributed by atoms with E-state index in [1.807, 2.05) is 18.7 Å². The van der Waals surface area contributed by atoms with Crippen LogP contribution in [0, 0.1) is 13.8 Å². The van der Waals surface area contributed by atoms with Gasteiger partial charge >= 0.3 is 0 Å². The van der Waals surface area contributed by atoms with Gasteiger partial charge in [-0.25, -0.2) is 4.98 Å². The van der Waals surface area contributed by atoms with Crippen LogP contribution < -0.4 is 5.73 Å². The van der Waals surface area contributed by atoms with Crippen molar-refractivity contribution < 1.29 is 0 Å². The molecule has 3 N–H and O–H groups in total. The molecule has 0 bridgehead atoms. The van der Waals surface area contributed by atoms with Gasteiger partial charge in [-0.15, -0.1) is 0 Å². The quantitative estimate of drug-likeness (QED) is 0.794. The number of aromatic nitrogens is 4. The highest BCUT2D eigenvalue weighted by Gasteiger charge is 2.22. The zero-order valence-corrected chi connectivity index (χ0v) is 11.1. The first kappa shape index (κ1) is 11.5. The van der Waals surface area contributed by atoms with Crippen molar-refractivity contribution >= 4 is 0 Å². The molecule has 0 spiro atoms. The number of aromatic amines is 1. The smallest absolute Gasteiger partial charge is 0.141 e. The van der Waals surface area contributed by atoms with E-state index in [4.69, 9.17) is 10.7 Å². The second-order valence-corrected chi connectivity index (χ2v) is 5.18. The molecule has 0 saturated heterocycles. The Bertz CT molecular complexity index is 593. The highest BCUT2D eigenvalue weighted by Crippen LogP contribution is 2.27. The minimum absolute atomic E-state index is 0.266.